The number of hydrogen-bond donors (Lipinski definition) is 2. The van der Waals surface area contributed by atoms with Crippen LogP contribution in [-0.4, -0.2) is 30.1 Å². The maximum Gasteiger partial charge on any atom is 0.152 e. The van der Waals surface area contributed by atoms with Gasteiger partial charge >= 0.3 is 0 Å². The lowest BCUT2D eigenvalue weighted by Crippen LogP contribution is -2.07. The highest BCUT2D eigenvalue weighted by Crippen LogP contribution is 2.17. The average molecular weight is 270 g/mol. The third-order valence-corrected chi connectivity index (χ3v) is 2.97. The Hall–Kier alpha value is -2.54. The highest BCUT2D eigenvalue weighted by atomic mass is 16.3. The summed E-state index contributed by atoms with van der Waals surface area (Å²) in [5.41, 5.74) is 7.24. The molecule has 3 aromatic rings. The number of benzene rings is 1. The summed E-state index contributed by atoms with van der Waals surface area (Å²) in [6, 6.07) is 7.57. The van der Waals surface area contributed by atoms with Gasteiger partial charge in [-0.2, -0.15) is 0 Å². The topological polar surface area (TPSA) is 103 Å². The second-order valence-corrected chi connectivity index (χ2v) is 4.56. The summed E-state index contributed by atoms with van der Waals surface area (Å²) in [6.45, 7) is 1.99. The van der Waals surface area contributed by atoms with Crippen molar-refractivity contribution < 1.29 is 5.11 Å². The van der Waals surface area contributed by atoms with Crippen LogP contribution in [0.2, 0.25) is 0 Å². The van der Waals surface area contributed by atoms with E-state index in [0.717, 1.165) is 10.9 Å². The molecule has 0 bridgehead atoms. The molecule has 0 aliphatic rings. The summed E-state index contributed by atoms with van der Waals surface area (Å²) in [4.78, 5) is 8.71. The van der Waals surface area contributed by atoms with Crippen molar-refractivity contribution in [1.29, 1.82) is 0 Å². The molecule has 20 heavy (non-hydrogen) atoms. The van der Waals surface area contributed by atoms with Crippen molar-refractivity contribution >= 4 is 16.7 Å². The number of nitrogens with zero attached hydrogens (tertiary/aromatic N) is 5. The lowest BCUT2D eigenvalue weighted by atomic mass is 10.2. The minimum absolute atomic E-state index is 0.356. The Bertz CT molecular complexity index is 751. The number of aliphatic hydroxyl groups excluding tert-OH is 1. The van der Waals surface area contributed by atoms with E-state index in [0.29, 0.717) is 23.9 Å². The number of nitrogen functional groups attached to an aromatic ring is 1. The average Bonchev–Trinajstić information content (AvgIpc) is 2.87. The largest absolute Gasteiger partial charge is 0.387 e. The van der Waals surface area contributed by atoms with Crippen LogP contribution >= 0.6 is 0 Å². The van der Waals surface area contributed by atoms with Crippen molar-refractivity contribution in [2.24, 2.45) is 0 Å². The van der Waals surface area contributed by atoms with E-state index in [-0.39, 0.29) is 0 Å². The summed E-state index contributed by atoms with van der Waals surface area (Å²) in [6.07, 6.45) is 1.02. The number of rotatable bonds is 3. The summed E-state index contributed by atoms with van der Waals surface area (Å²) in [5.74, 6) is 1.00. The lowest BCUT2D eigenvalue weighted by Gasteiger charge is -2.04. The van der Waals surface area contributed by atoms with Gasteiger partial charge in [-0.25, -0.2) is 14.6 Å². The molecular formula is C13H14N6O. The molecule has 0 radical (unpaired) electrons. The molecule has 1 atom stereocenters. The molecule has 0 aliphatic heterocycles. The number of anilines is 1. The predicted molar refractivity (Wildman–Crippen MR) is 73.7 cm³/mol. The number of nitrogens with two attached hydrogens (primary N) is 1. The van der Waals surface area contributed by atoms with Crippen molar-refractivity contribution in [2.75, 3.05) is 5.73 Å². The van der Waals surface area contributed by atoms with Crippen LogP contribution in [0, 0.1) is 0 Å². The first-order valence-corrected chi connectivity index (χ1v) is 6.22. The molecule has 3 N–H and O–H groups in total. The molecule has 3 rings (SSSR count). The zero-order valence-electron chi connectivity index (χ0n) is 10.9. The number of aromatic nitrogens is 5. The van der Waals surface area contributed by atoms with Gasteiger partial charge in [0.25, 0.3) is 0 Å². The zero-order chi connectivity index (χ0) is 14.1. The van der Waals surface area contributed by atoms with E-state index in [1.807, 2.05) is 24.3 Å². The molecular weight excluding hydrogens is 256 g/mol. The molecule has 0 spiro atoms. The molecule has 0 aliphatic carbocycles. The van der Waals surface area contributed by atoms with Crippen molar-refractivity contribution in [3.05, 3.63) is 42.0 Å². The highest BCUT2D eigenvalue weighted by Gasteiger charge is 2.09. The van der Waals surface area contributed by atoms with Gasteiger partial charge in [0.15, 0.2) is 5.82 Å². The summed E-state index contributed by atoms with van der Waals surface area (Å²) < 4.78 is 1.58. The number of hydrogen-bond acceptors (Lipinski definition) is 6. The molecule has 2 aromatic heterocycles. The van der Waals surface area contributed by atoms with Crippen molar-refractivity contribution in [3.8, 4) is 0 Å². The maximum absolute atomic E-state index is 9.42. The van der Waals surface area contributed by atoms with Crippen LogP contribution in [0.4, 0.5) is 5.82 Å². The van der Waals surface area contributed by atoms with E-state index >= 15 is 0 Å². The van der Waals surface area contributed by atoms with Crippen LogP contribution in [-0.2, 0) is 6.54 Å². The fourth-order valence-corrected chi connectivity index (χ4v) is 1.95. The smallest absolute Gasteiger partial charge is 0.152 e. The van der Waals surface area contributed by atoms with Gasteiger partial charge in [0.05, 0.1) is 17.8 Å². The van der Waals surface area contributed by atoms with Crippen molar-refractivity contribution in [2.45, 2.75) is 19.6 Å². The van der Waals surface area contributed by atoms with E-state index < -0.39 is 6.10 Å². The normalized spacial score (nSPS) is 12.7. The lowest BCUT2D eigenvalue weighted by molar-refractivity contribution is 0.194. The minimum atomic E-state index is -0.647. The SMILES string of the molecule is CC(O)c1cn(Cc2nc(N)c3ccccc3n2)nn1. The Morgan fingerprint density at radius 1 is 1.30 bits per heavy atom. The van der Waals surface area contributed by atoms with Gasteiger partial charge in [-0.15, -0.1) is 5.10 Å². The molecule has 1 unspecified atom stereocenters. The Kier molecular flexibility index (Phi) is 3.03. The fourth-order valence-electron chi connectivity index (χ4n) is 1.95. The summed E-state index contributed by atoms with van der Waals surface area (Å²) in [5, 5.41) is 18.1. The molecule has 1 aromatic carbocycles. The van der Waals surface area contributed by atoms with E-state index in [2.05, 4.69) is 20.3 Å². The number of aliphatic hydroxyl groups is 1. The van der Waals surface area contributed by atoms with Gasteiger partial charge in [0.1, 0.15) is 18.1 Å². The van der Waals surface area contributed by atoms with Crippen molar-refractivity contribution in [3.63, 3.8) is 0 Å². The second kappa shape index (κ2) is 4.86. The summed E-state index contributed by atoms with van der Waals surface area (Å²) >= 11 is 0. The molecule has 0 fully saturated rings. The van der Waals surface area contributed by atoms with Crippen LogP contribution in [0.25, 0.3) is 10.9 Å². The van der Waals surface area contributed by atoms with Gasteiger partial charge < -0.3 is 10.8 Å². The number of fused-ring (bicyclic) bond motifs is 1. The molecule has 7 heteroatoms. The van der Waals surface area contributed by atoms with Crippen LogP contribution in [0.1, 0.15) is 24.5 Å². The van der Waals surface area contributed by atoms with E-state index in [1.165, 1.54) is 0 Å². The van der Waals surface area contributed by atoms with E-state index in [1.54, 1.807) is 17.8 Å². The quantitative estimate of drug-likeness (QED) is 0.733. The van der Waals surface area contributed by atoms with Crippen LogP contribution in [0.15, 0.2) is 30.5 Å². The first-order valence-electron chi connectivity index (χ1n) is 6.22. The first kappa shape index (κ1) is 12.5. The van der Waals surface area contributed by atoms with Gasteiger partial charge in [0, 0.05) is 5.39 Å². The third kappa shape index (κ3) is 2.30. The van der Waals surface area contributed by atoms with Gasteiger partial charge in [-0.05, 0) is 19.1 Å². The maximum atomic E-state index is 9.42. The molecule has 2 heterocycles. The molecule has 0 saturated carbocycles. The van der Waals surface area contributed by atoms with Crippen LogP contribution in [0.5, 0.6) is 0 Å². The minimum Gasteiger partial charge on any atom is -0.387 e. The van der Waals surface area contributed by atoms with E-state index in [9.17, 15) is 5.11 Å². The van der Waals surface area contributed by atoms with Crippen LogP contribution in [0.3, 0.4) is 0 Å². The monoisotopic (exact) mass is 270 g/mol. The Labute approximate surface area is 115 Å². The Morgan fingerprint density at radius 2 is 2.10 bits per heavy atom. The predicted octanol–water partition coefficient (Wildman–Crippen LogP) is 0.905. The Balaban J connectivity index is 1.94. The zero-order valence-corrected chi connectivity index (χ0v) is 10.9. The molecule has 0 saturated heterocycles. The highest BCUT2D eigenvalue weighted by molar-refractivity contribution is 5.87. The van der Waals surface area contributed by atoms with Gasteiger partial charge in [0.2, 0.25) is 0 Å². The fraction of sp³-hybridized carbons (Fsp3) is 0.231. The molecule has 0 amide bonds. The molecule has 7 nitrogen and oxygen atoms in total. The third-order valence-electron chi connectivity index (χ3n) is 2.97. The van der Waals surface area contributed by atoms with E-state index in [4.69, 9.17) is 5.73 Å². The van der Waals surface area contributed by atoms with Gasteiger partial charge in [-0.3, -0.25) is 0 Å². The van der Waals surface area contributed by atoms with Gasteiger partial charge in [-0.1, -0.05) is 17.3 Å². The van der Waals surface area contributed by atoms with Crippen LogP contribution < -0.4 is 5.73 Å². The first-order chi connectivity index (χ1) is 9.63. The summed E-state index contributed by atoms with van der Waals surface area (Å²) in [7, 11) is 0. The van der Waals surface area contributed by atoms with Crippen molar-refractivity contribution in [1.82, 2.24) is 25.0 Å². The Morgan fingerprint density at radius 3 is 2.85 bits per heavy atom. The second-order valence-electron chi connectivity index (χ2n) is 4.56. The number of para-hydroxylation sites is 1. The standard InChI is InChI=1S/C13H14N6O/c1-8(20)11-6-19(18-17-11)7-12-15-10-5-3-2-4-9(10)13(14)16-12/h2-6,8,20H,7H2,1H3,(H2,14,15,16). The molecule has 102 valence electrons.